The second-order valence-corrected chi connectivity index (χ2v) is 5.68. The molecule has 0 saturated heterocycles. The smallest absolute Gasteiger partial charge is 0.122 e. The lowest BCUT2D eigenvalue weighted by Crippen LogP contribution is -2.30. The van der Waals surface area contributed by atoms with Gasteiger partial charge in [0.15, 0.2) is 0 Å². The Balaban J connectivity index is 1.56. The van der Waals surface area contributed by atoms with Crippen molar-refractivity contribution >= 4 is 0 Å². The maximum atomic E-state index is 10.2. The molecular formula is C16H22O3. The SMILES string of the molecule is COC(C(O)CCc1ccc2c(c1)CCO2)C1CC1. The summed E-state index contributed by atoms with van der Waals surface area (Å²) in [6.45, 7) is 0.800. The first-order valence-electron chi connectivity index (χ1n) is 7.23. The van der Waals surface area contributed by atoms with Crippen LogP contribution in [-0.2, 0) is 17.6 Å². The molecule has 3 rings (SSSR count). The van der Waals surface area contributed by atoms with Gasteiger partial charge in [0, 0.05) is 13.5 Å². The minimum atomic E-state index is -0.345. The molecule has 19 heavy (non-hydrogen) atoms. The lowest BCUT2D eigenvalue weighted by atomic mass is 9.99. The summed E-state index contributed by atoms with van der Waals surface area (Å²) in [5.41, 5.74) is 2.59. The zero-order valence-corrected chi connectivity index (χ0v) is 11.5. The zero-order valence-electron chi connectivity index (χ0n) is 11.5. The van der Waals surface area contributed by atoms with E-state index in [0.717, 1.165) is 31.6 Å². The molecule has 1 saturated carbocycles. The van der Waals surface area contributed by atoms with Gasteiger partial charge in [-0.1, -0.05) is 12.1 Å². The van der Waals surface area contributed by atoms with Gasteiger partial charge >= 0.3 is 0 Å². The number of aliphatic hydroxyl groups excluding tert-OH is 1. The number of benzene rings is 1. The van der Waals surface area contributed by atoms with Gasteiger partial charge in [-0.15, -0.1) is 0 Å². The van der Waals surface area contributed by atoms with Gasteiger partial charge in [-0.25, -0.2) is 0 Å². The number of ether oxygens (including phenoxy) is 2. The van der Waals surface area contributed by atoms with Crippen LogP contribution in [0.1, 0.15) is 30.4 Å². The van der Waals surface area contributed by atoms with Gasteiger partial charge in [0.1, 0.15) is 5.75 Å². The van der Waals surface area contributed by atoms with Crippen molar-refractivity contribution < 1.29 is 14.6 Å². The van der Waals surface area contributed by atoms with Crippen LogP contribution >= 0.6 is 0 Å². The van der Waals surface area contributed by atoms with Crippen LogP contribution in [0.15, 0.2) is 18.2 Å². The Labute approximate surface area is 114 Å². The van der Waals surface area contributed by atoms with Crippen molar-refractivity contribution in [2.24, 2.45) is 5.92 Å². The molecule has 0 bridgehead atoms. The number of aryl methyl sites for hydroxylation is 1. The number of fused-ring (bicyclic) bond motifs is 1. The minimum Gasteiger partial charge on any atom is -0.493 e. The standard InChI is InChI=1S/C16H22O3/c1-18-16(12-4-5-12)14(17)6-2-11-3-7-15-13(10-11)8-9-19-15/h3,7,10,12,14,16-17H,2,4-6,8-9H2,1H3. The highest BCUT2D eigenvalue weighted by molar-refractivity contribution is 5.39. The maximum absolute atomic E-state index is 10.2. The summed E-state index contributed by atoms with van der Waals surface area (Å²) in [6.07, 6.45) is 4.77. The van der Waals surface area contributed by atoms with Crippen LogP contribution in [0, 0.1) is 5.92 Å². The Morgan fingerprint density at radius 2 is 2.26 bits per heavy atom. The topological polar surface area (TPSA) is 38.7 Å². The van der Waals surface area contributed by atoms with Crippen molar-refractivity contribution in [1.82, 2.24) is 0 Å². The second-order valence-electron chi connectivity index (χ2n) is 5.68. The van der Waals surface area contributed by atoms with Gasteiger partial charge in [-0.3, -0.25) is 0 Å². The third kappa shape index (κ3) is 2.93. The second kappa shape index (κ2) is 5.51. The molecule has 1 aromatic carbocycles. The zero-order chi connectivity index (χ0) is 13.2. The number of hydrogen-bond acceptors (Lipinski definition) is 3. The molecule has 1 N–H and O–H groups in total. The molecule has 104 valence electrons. The summed E-state index contributed by atoms with van der Waals surface area (Å²) in [7, 11) is 1.71. The third-order valence-corrected chi connectivity index (χ3v) is 4.22. The van der Waals surface area contributed by atoms with Crippen molar-refractivity contribution in [3.05, 3.63) is 29.3 Å². The van der Waals surface area contributed by atoms with Gasteiger partial charge in [0.2, 0.25) is 0 Å². The van der Waals surface area contributed by atoms with Gasteiger partial charge in [0.05, 0.1) is 18.8 Å². The normalized spacial score (nSPS) is 20.7. The fraction of sp³-hybridized carbons (Fsp3) is 0.625. The summed E-state index contributed by atoms with van der Waals surface area (Å²) in [5, 5.41) is 10.2. The van der Waals surface area contributed by atoms with Gasteiger partial charge in [-0.05, 0) is 48.8 Å². The number of methoxy groups -OCH3 is 1. The van der Waals surface area contributed by atoms with Crippen LogP contribution in [0.4, 0.5) is 0 Å². The first kappa shape index (κ1) is 12.9. The molecule has 1 aliphatic heterocycles. The predicted octanol–water partition coefficient (Wildman–Crippen LogP) is 2.34. The van der Waals surface area contributed by atoms with E-state index in [9.17, 15) is 5.11 Å². The van der Waals surface area contributed by atoms with Crippen LogP contribution in [0.25, 0.3) is 0 Å². The molecule has 0 spiro atoms. The van der Waals surface area contributed by atoms with Crippen molar-refractivity contribution in [3.8, 4) is 5.75 Å². The highest BCUT2D eigenvalue weighted by atomic mass is 16.5. The lowest BCUT2D eigenvalue weighted by Gasteiger charge is -2.21. The first-order chi connectivity index (χ1) is 9.28. The minimum absolute atomic E-state index is 0.0257. The molecule has 1 aromatic rings. The average Bonchev–Trinajstić information content (AvgIpc) is 3.14. The van der Waals surface area contributed by atoms with E-state index in [1.807, 2.05) is 0 Å². The average molecular weight is 262 g/mol. The highest BCUT2D eigenvalue weighted by Gasteiger charge is 2.35. The third-order valence-electron chi connectivity index (χ3n) is 4.22. The van der Waals surface area contributed by atoms with Gasteiger partial charge < -0.3 is 14.6 Å². The van der Waals surface area contributed by atoms with Crippen LogP contribution in [-0.4, -0.2) is 31.0 Å². The molecule has 0 aromatic heterocycles. The summed E-state index contributed by atoms with van der Waals surface area (Å²) in [5.74, 6) is 1.60. The van der Waals surface area contributed by atoms with E-state index in [2.05, 4.69) is 18.2 Å². The Morgan fingerprint density at radius 3 is 3.00 bits per heavy atom. The predicted molar refractivity (Wildman–Crippen MR) is 73.5 cm³/mol. The Kier molecular flexibility index (Phi) is 3.76. The van der Waals surface area contributed by atoms with Crippen molar-refractivity contribution in [2.45, 2.75) is 44.3 Å². The van der Waals surface area contributed by atoms with E-state index in [4.69, 9.17) is 9.47 Å². The highest BCUT2D eigenvalue weighted by Crippen LogP contribution is 2.36. The Bertz CT molecular complexity index is 440. The molecule has 0 radical (unpaired) electrons. The molecule has 2 unspecified atom stereocenters. The Morgan fingerprint density at radius 1 is 1.42 bits per heavy atom. The molecule has 1 fully saturated rings. The van der Waals surface area contributed by atoms with Gasteiger partial charge in [-0.2, -0.15) is 0 Å². The van der Waals surface area contributed by atoms with E-state index in [0.29, 0.717) is 5.92 Å². The molecule has 0 amide bonds. The molecule has 2 atom stereocenters. The lowest BCUT2D eigenvalue weighted by molar-refractivity contribution is -0.0276. The molecule has 3 nitrogen and oxygen atoms in total. The molecular weight excluding hydrogens is 240 g/mol. The van der Waals surface area contributed by atoms with Gasteiger partial charge in [0.25, 0.3) is 0 Å². The summed E-state index contributed by atoms with van der Waals surface area (Å²) in [6, 6.07) is 6.38. The van der Waals surface area contributed by atoms with Crippen molar-refractivity contribution in [2.75, 3.05) is 13.7 Å². The fourth-order valence-corrected chi connectivity index (χ4v) is 2.96. The van der Waals surface area contributed by atoms with Crippen LogP contribution in [0.5, 0.6) is 5.75 Å². The van der Waals surface area contributed by atoms with Crippen LogP contribution < -0.4 is 4.74 Å². The van der Waals surface area contributed by atoms with E-state index >= 15 is 0 Å². The van der Waals surface area contributed by atoms with Crippen LogP contribution in [0.2, 0.25) is 0 Å². The van der Waals surface area contributed by atoms with Crippen LogP contribution in [0.3, 0.4) is 0 Å². The monoisotopic (exact) mass is 262 g/mol. The van der Waals surface area contributed by atoms with E-state index in [1.165, 1.54) is 24.0 Å². The molecule has 1 heterocycles. The molecule has 3 heteroatoms. The largest absolute Gasteiger partial charge is 0.493 e. The van der Waals surface area contributed by atoms with E-state index < -0.39 is 0 Å². The maximum Gasteiger partial charge on any atom is 0.122 e. The summed E-state index contributed by atoms with van der Waals surface area (Å²) >= 11 is 0. The Hall–Kier alpha value is -1.06. The number of rotatable bonds is 6. The summed E-state index contributed by atoms with van der Waals surface area (Å²) < 4.78 is 10.9. The fourth-order valence-electron chi connectivity index (χ4n) is 2.96. The molecule has 2 aliphatic rings. The number of hydrogen-bond donors (Lipinski definition) is 1. The first-order valence-corrected chi connectivity index (χ1v) is 7.23. The van der Waals surface area contributed by atoms with E-state index in [1.54, 1.807) is 7.11 Å². The number of aliphatic hydroxyl groups is 1. The molecule has 1 aliphatic carbocycles. The van der Waals surface area contributed by atoms with Crippen molar-refractivity contribution in [1.29, 1.82) is 0 Å². The van der Waals surface area contributed by atoms with Crippen molar-refractivity contribution in [3.63, 3.8) is 0 Å². The summed E-state index contributed by atoms with van der Waals surface area (Å²) in [4.78, 5) is 0. The van der Waals surface area contributed by atoms with E-state index in [-0.39, 0.29) is 12.2 Å². The quantitative estimate of drug-likeness (QED) is 0.855.